The van der Waals surface area contributed by atoms with Gasteiger partial charge in [0.15, 0.2) is 0 Å². The Morgan fingerprint density at radius 3 is 2.16 bits per heavy atom. The van der Waals surface area contributed by atoms with Crippen LogP contribution in [-0.2, 0) is 10.0 Å². The maximum Gasteiger partial charge on any atom is 0.292 e. The van der Waals surface area contributed by atoms with E-state index in [0.717, 1.165) is 38.0 Å². The lowest BCUT2D eigenvalue weighted by Crippen LogP contribution is -2.48. The summed E-state index contributed by atoms with van der Waals surface area (Å²) < 4.78 is 24.7. The van der Waals surface area contributed by atoms with Crippen molar-refractivity contribution in [3.63, 3.8) is 0 Å². The predicted octanol–water partition coefficient (Wildman–Crippen LogP) is 1.67. The third kappa shape index (κ3) is 4.04. The SMILES string of the molecule is CS(=O)(=O)N1CCN(c2ccc([N+](=O)[O-])c(N3CCCCC3)c2)CC1. The first kappa shape index (κ1) is 17.9. The number of piperidine rings is 1. The molecular weight excluding hydrogens is 344 g/mol. The van der Waals surface area contributed by atoms with Gasteiger partial charge in [0.1, 0.15) is 5.69 Å². The van der Waals surface area contributed by atoms with Crippen molar-refractivity contribution in [2.45, 2.75) is 19.3 Å². The van der Waals surface area contributed by atoms with Crippen LogP contribution in [-0.4, -0.2) is 63.2 Å². The van der Waals surface area contributed by atoms with Gasteiger partial charge < -0.3 is 9.80 Å². The third-order valence-electron chi connectivity index (χ3n) is 4.93. The molecule has 2 heterocycles. The Kier molecular flexibility index (Phi) is 5.14. The molecule has 2 fully saturated rings. The van der Waals surface area contributed by atoms with Crippen LogP contribution < -0.4 is 9.80 Å². The summed E-state index contributed by atoms with van der Waals surface area (Å²) in [5.74, 6) is 0. The molecule has 0 N–H and O–H groups in total. The van der Waals surface area contributed by atoms with Crippen LogP contribution in [0, 0.1) is 10.1 Å². The van der Waals surface area contributed by atoms with Crippen LogP contribution in [0.3, 0.4) is 0 Å². The molecule has 0 bridgehead atoms. The Bertz CT molecular complexity index is 739. The minimum atomic E-state index is -3.17. The summed E-state index contributed by atoms with van der Waals surface area (Å²) >= 11 is 0. The molecule has 0 amide bonds. The van der Waals surface area contributed by atoms with Crippen molar-refractivity contribution in [3.8, 4) is 0 Å². The van der Waals surface area contributed by atoms with Gasteiger partial charge in [-0.2, -0.15) is 4.31 Å². The van der Waals surface area contributed by atoms with Gasteiger partial charge in [0.2, 0.25) is 10.0 Å². The first-order valence-electron chi connectivity index (χ1n) is 8.60. The number of nitro benzene ring substituents is 1. The molecule has 0 aliphatic carbocycles. The average Bonchev–Trinajstić information content (AvgIpc) is 2.61. The Balaban J connectivity index is 1.82. The lowest BCUT2D eigenvalue weighted by Gasteiger charge is -2.35. The first-order chi connectivity index (χ1) is 11.9. The maximum absolute atomic E-state index is 11.6. The fraction of sp³-hybridized carbons (Fsp3) is 0.625. The molecule has 2 aliphatic heterocycles. The van der Waals surface area contributed by atoms with Gasteiger partial charge in [0, 0.05) is 51.0 Å². The summed E-state index contributed by atoms with van der Waals surface area (Å²) in [6, 6.07) is 5.23. The van der Waals surface area contributed by atoms with Gasteiger partial charge in [-0.15, -0.1) is 0 Å². The van der Waals surface area contributed by atoms with E-state index < -0.39 is 10.0 Å². The third-order valence-corrected chi connectivity index (χ3v) is 6.23. The van der Waals surface area contributed by atoms with Crippen molar-refractivity contribution < 1.29 is 13.3 Å². The van der Waals surface area contributed by atoms with E-state index in [1.165, 1.54) is 10.6 Å². The molecule has 0 spiro atoms. The summed E-state index contributed by atoms with van der Waals surface area (Å²) in [5.41, 5.74) is 1.73. The molecular formula is C16H24N4O4S. The Hall–Kier alpha value is -1.87. The molecule has 9 heteroatoms. The van der Waals surface area contributed by atoms with E-state index >= 15 is 0 Å². The van der Waals surface area contributed by atoms with Crippen molar-refractivity contribution in [1.82, 2.24) is 4.31 Å². The fourth-order valence-corrected chi connectivity index (χ4v) is 4.36. The number of rotatable bonds is 4. The van der Waals surface area contributed by atoms with E-state index in [4.69, 9.17) is 0 Å². The second-order valence-corrected chi connectivity index (χ2v) is 8.61. The van der Waals surface area contributed by atoms with Gasteiger partial charge in [-0.3, -0.25) is 10.1 Å². The maximum atomic E-state index is 11.6. The van der Waals surface area contributed by atoms with E-state index in [-0.39, 0.29) is 10.6 Å². The molecule has 0 atom stereocenters. The molecule has 2 aliphatic rings. The van der Waals surface area contributed by atoms with Crippen molar-refractivity contribution in [1.29, 1.82) is 0 Å². The number of anilines is 2. The van der Waals surface area contributed by atoms with Crippen LogP contribution in [0.25, 0.3) is 0 Å². The molecule has 2 saturated heterocycles. The summed E-state index contributed by atoms with van der Waals surface area (Å²) in [4.78, 5) is 15.3. The van der Waals surface area contributed by atoms with Gasteiger partial charge in [0.25, 0.3) is 5.69 Å². The van der Waals surface area contributed by atoms with Gasteiger partial charge in [0.05, 0.1) is 11.2 Å². The number of hydrogen-bond acceptors (Lipinski definition) is 6. The van der Waals surface area contributed by atoms with Crippen molar-refractivity contribution >= 4 is 27.1 Å². The topological polar surface area (TPSA) is 87.0 Å². The number of sulfonamides is 1. The summed E-state index contributed by atoms with van der Waals surface area (Å²) in [5, 5.41) is 11.4. The molecule has 3 rings (SSSR count). The number of benzene rings is 1. The van der Waals surface area contributed by atoms with Crippen LogP contribution in [0.15, 0.2) is 18.2 Å². The zero-order valence-corrected chi connectivity index (χ0v) is 15.2. The molecule has 0 aromatic heterocycles. The van der Waals surface area contributed by atoms with Crippen molar-refractivity contribution in [2.75, 3.05) is 55.3 Å². The van der Waals surface area contributed by atoms with Gasteiger partial charge in [-0.05, 0) is 31.4 Å². The highest BCUT2D eigenvalue weighted by Crippen LogP contribution is 2.34. The van der Waals surface area contributed by atoms with Crippen LogP contribution in [0.4, 0.5) is 17.1 Å². The largest absolute Gasteiger partial charge is 0.369 e. The zero-order valence-electron chi connectivity index (χ0n) is 14.4. The highest BCUT2D eigenvalue weighted by molar-refractivity contribution is 7.88. The summed E-state index contributed by atoms with van der Waals surface area (Å²) in [7, 11) is -3.17. The van der Waals surface area contributed by atoms with Crippen LogP contribution in [0.5, 0.6) is 0 Å². The smallest absolute Gasteiger partial charge is 0.292 e. The Labute approximate surface area is 148 Å². The van der Waals surface area contributed by atoms with E-state index in [1.807, 2.05) is 6.07 Å². The lowest BCUT2D eigenvalue weighted by molar-refractivity contribution is -0.384. The molecule has 1 aromatic carbocycles. The molecule has 25 heavy (non-hydrogen) atoms. The van der Waals surface area contributed by atoms with Gasteiger partial charge in [-0.1, -0.05) is 0 Å². The number of nitro groups is 1. The Morgan fingerprint density at radius 2 is 1.60 bits per heavy atom. The van der Waals surface area contributed by atoms with E-state index in [2.05, 4.69) is 9.80 Å². The predicted molar refractivity (Wildman–Crippen MR) is 97.8 cm³/mol. The normalized spacial score (nSPS) is 19.9. The molecule has 0 unspecified atom stereocenters. The second-order valence-electron chi connectivity index (χ2n) is 6.63. The first-order valence-corrected chi connectivity index (χ1v) is 10.4. The van der Waals surface area contributed by atoms with Crippen LogP contribution in [0.1, 0.15) is 19.3 Å². The summed E-state index contributed by atoms with van der Waals surface area (Å²) in [6.45, 7) is 3.73. The zero-order chi connectivity index (χ0) is 18.0. The molecule has 0 radical (unpaired) electrons. The average molecular weight is 368 g/mol. The van der Waals surface area contributed by atoms with Crippen LogP contribution in [0.2, 0.25) is 0 Å². The lowest BCUT2D eigenvalue weighted by atomic mass is 10.1. The van der Waals surface area contributed by atoms with Crippen LogP contribution >= 0.6 is 0 Å². The second kappa shape index (κ2) is 7.17. The number of piperazine rings is 1. The molecule has 138 valence electrons. The van der Waals surface area contributed by atoms with Crippen molar-refractivity contribution in [3.05, 3.63) is 28.3 Å². The quantitative estimate of drug-likeness (QED) is 0.593. The molecule has 8 nitrogen and oxygen atoms in total. The monoisotopic (exact) mass is 368 g/mol. The standard InChI is InChI=1S/C16H24N4O4S/c1-25(23,24)19-11-9-17(10-12-19)14-5-6-15(20(21)22)16(13-14)18-7-3-2-4-8-18/h5-6,13H,2-4,7-12H2,1H3. The van der Waals surface area contributed by atoms with E-state index in [0.29, 0.717) is 31.9 Å². The molecule has 1 aromatic rings. The van der Waals surface area contributed by atoms with Gasteiger partial charge >= 0.3 is 0 Å². The van der Waals surface area contributed by atoms with E-state index in [1.54, 1.807) is 12.1 Å². The minimum absolute atomic E-state index is 0.139. The fourth-order valence-electron chi connectivity index (χ4n) is 3.53. The van der Waals surface area contributed by atoms with Crippen molar-refractivity contribution in [2.24, 2.45) is 0 Å². The Morgan fingerprint density at radius 1 is 0.960 bits per heavy atom. The minimum Gasteiger partial charge on any atom is -0.369 e. The number of nitrogens with zero attached hydrogens (tertiary/aromatic N) is 4. The van der Waals surface area contributed by atoms with Gasteiger partial charge in [-0.25, -0.2) is 8.42 Å². The highest BCUT2D eigenvalue weighted by Gasteiger charge is 2.26. The number of hydrogen-bond donors (Lipinski definition) is 0. The highest BCUT2D eigenvalue weighted by atomic mass is 32.2. The molecule has 0 saturated carbocycles. The van der Waals surface area contributed by atoms with E-state index in [9.17, 15) is 18.5 Å². The summed E-state index contributed by atoms with van der Waals surface area (Å²) in [6.07, 6.45) is 4.49.